The molecule has 3 aromatic rings. The molecule has 2 atom stereocenters. The molecule has 206 valence electrons. The van der Waals surface area contributed by atoms with Gasteiger partial charge in [-0.25, -0.2) is 0 Å². The number of carboxylic acids is 1. The highest BCUT2D eigenvalue weighted by molar-refractivity contribution is 5.76. The molecule has 5 rings (SSSR count). The molecule has 0 bridgehead atoms. The molecule has 39 heavy (non-hydrogen) atoms. The standard InChI is InChI=1S/C32H36O7/c1-20-15-24(37-14-13-36-12-11-35-3)16-21(2)32(20)28-6-4-5-27-26(28)9-10-29(27)39-23-7-8-25-22(17-31(33)34)19-38-30(25)18-23/h4-8,15-16,18,22,29H,9-14,17,19H2,1-3H3,(H,33,34)/t22-,29?/m1/s1. The van der Waals surface area contributed by atoms with Crippen LogP contribution in [-0.4, -0.2) is 51.2 Å². The summed E-state index contributed by atoms with van der Waals surface area (Å²) in [5.74, 6) is 1.39. The Labute approximate surface area is 229 Å². The summed E-state index contributed by atoms with van der Waals surface area (Å²) in [6.45, 7) is 6.83. The molecule has 2 aliphatic rings. The van der Waals surface area contributed by atoms with E-state index >= 15 is 0 Å². The largest absolute Gasteiger partial charge is 0.492 e. The number of hydrogen-bond acceptors (Lipinski definition) is 6. The summed E-state index contributed by atoms with van der Waals surface area (Å²) >= 11 is 0. The fourth-order valence-electron chi connectivity index (χ4n) is 5.74. The Morgan fingerprint density at radius 1 is 0.974 bits per heavy atom. The van der Waals surface area contributed by atoms with Gasteiger partial charge in [0.1, 0.15) is 30.0 Å². The first-order valence-electron chi connectivity index (χ1n) is 13.5. The number of methoxy groups -OCH3 is 1. The Balaban J connectivity index is 1.30. The van der Waals surface area contributed by atoms with Gasteiger partial charge in [0.2, 0.25) is 0 Å². The molecule has 7 nitrogen and oxygen atoms in total. The third kappa shape index (κ3) is 6.05. The summed E-state index contributed by atoms with van der Waals surface area (Å²) < 4.78 is 28.7. The van der Waals surface area contributed by atoms with Crippen LogP contribution in [0.25, 0.3) is 11.1 Å². The Hall–Kier alpha value is -3.55. The number of ether oxygens (including phenoxy) is 5. The zero-order valence-corrected chi connectivity index (χ0v) is 22.8. The van der Waals surface area contributed by atoms with Crippen LogP contribution >= 0.6 is 0 Å². The van der Waals surface area contributed by atoms with Gasteiger partial charge in [0, 0.05) is 24.7 Å². The fraction of sp³-hybridized carbons (Fsp3) is 0.406. The number of fused-ring (bicyclic) bond motifs is 2. The van der Waals surface area contributed by atoms with Gasteiger partial charge in [-0.15, -0.1) is 0 Å². The molecule has 0 radical (unpaired) electrons. The van der Waals surface area contributed by atoms with Crippen LogP contribution in [-0.2, 0) is 20.7 Å². The molecule has 1 heterocycles. The lowest BCUT2D eigenvalue weighted by Gasteiger charge is -2.18. The van der Waals surface area contributed by atoms with Crippen LogP contribution in [0.15, 0.2) is 48.5 Å². The number of aliphatic carboxylic acids is 1. The maximum atomic E-state index is 11.2. The monoisotopic (exact) mass is 532 g/mol. The number of carbonyl (C=O) groups is 1. The third-order valence-corrected chi connectivity index (χ3v) is 7.48. The average molecular weight is 533 g/mol. The number of carboxylic acid groups (broad SMARTS) is 1. The van der Waals surface area contributed by atoms with E-state index in [1.165, 1.54) is 33.4 Å². The lowest BCUT2D eigenvalue weighted by molar-refractivity contribution is -0.137. The van der Waals surface area contributed by atoms with Crippen LogP contribution in [0.3, 0.4) is 0 Å². The first-order chi connectivity index (χ1) is 18.9. The van der Waals surface area contributed by atoms with E-state index in [4.69, 9.17) is 28.8 Å². The van der Waals surface area contributed by atoms with Gasteiger partial charge in [0.05, 0.1) is 32.8 Å². The van der Waals surface area contributed by atoms with E-state index in [2.05, 4.69) is 44.2 Å². The van der Waals surface area contributed by atoms with Crippen molar-refractivity contribution in [2.45, 2.75) is 45.1 Å². The maximum absolute atomic E-state index is 11.2. The highest BCUT2D eigenvalue weighted by Gasteiger charge is 2.30. The molecule has 0 saturated carbocycles. The van der Waals surface area contributed by atoms with Crippen LogP contribution in [0.5, 0.6) is 17.2 Å². The fourth-order valence-corrected chi connectivity index (χ4v) is 5.74. The zero-order valence-electron chi connectivity index (χ0n) is 22.8. The van der Waals surface area contributed by atoms with Crippen LogP contribution in [0.4, 0.5) is 0 Å². The average Bonchev–Trinajstić information content (AvgIpc) is 3.50. The smallest absolute Gasteiger partial charge is 0.304 e. The Kier molecular flexibility index (Phi) is 8.38. The van der Waals surface area contributed by atoms with Crippen molar-refractivity contribution >= 4 is 5.97 Å². The Morgan fingerprint density at radius 2 is 1.77 bits per heavy atom. The van der Waals surface area contributed by atoms with Gasteiger partial charge in [-0.3, -0.25) is 4.79 Å². The summed E-state index contributed by atoms with van der Waals surface area (Å²) in [6.07, 6.45) is 1.86. The molecule has 7 heteroatoms. The molecule has 1 aliphatic carbocycles. The van der Waals surface area contributed by atoms with Crippen molar-refractivity contribution in [3.63, 3.8) is 0 Å². The van der Waals surface area contributed by atoms with Crippen LogP contribution in [0.1, 0.15) is 52.7 Å². The molecule has 1 unspecified atom stereocenters. The molecular weight excluding hydrogens is 496 g/mol. The molecular formula is C32H36O7. The van der Waals surface area contributed by atoms with Gasteiger partial charge in [-0.2, -0.15) is 0 Å². The first-order valence-corrected chi connectivity index (χ1v) is 13.5. The minimum absolute atomic E-state index is 0.0458. The topological polar surface area (TPSA) is 83.5 Å². The van der Waals surface area contributed by atoms with Crippen molar-refractivity contribution < 1.29 is 33.6 Å². The zero-order chi connectivity index (χ0) is 27.4. The van der Waals surface area contributed by atoms with Crippen molar-refractivity contribution in [1.29, 1.82) is 0 Å². The molecule has 1 aliphatic heterocycles. The number of hydrogen-bond donors (Lipinski definition) is 1. The van der Waals surface area contributed by atoms with Crippen LogP contribution < -0.4 is 14.2 Å². The number of rotatable bonds is 12. The van der Waals surface area contributed by atoms with E-state index in [0.29, 0.717) is 33.0 Å². The third-order valence-electron chi connectivity index (χ3n) is 7.48. The molecule has 0 saturated heterocycles. The Morgan fingerprint density at radius 3 is 2.54 bits per heavy atom. The second-order valence-corrected chi connectivity index (χ2v) is 10.2. The lowest BCUT2D eigenvalue weighted by Crippen LogP contribution is -2.10. The predicted molar refractivity (Wildman–Crippen MR) is 148 cm³/mol. The van der Waals surface area contributed by atoms with E-state index in [0.717, 1.165) is 35.7 Å². The highest BCUT2D eigenvalue weighted by atomic mass is 16.5. The van der Waals surface area contributed by atoms with Crippen molar-refractivity contribution in [2.24, 2.45) is 0 Å². The van der Waals surface area contributed by atoms with Gasteiger partial charge in [0.15, 0.2) is 0 Å². The molecule has 0 aromatic heterocycles. The molecule has 0 fully saturated rings. The van der Waals surface area contributed by atoms with Crippen molar-refractivity contribution in [2.75, 3.05) is 40.1 Å². The first kappa shape index (κ1) is 27.0. The molecule has 1 N–H and O–H groups in total. The van der Waals surface area contributed by atoms with E-state index in [9.17, 15) is 4.79 Å². The summed E-state index contributed by atoms with van der Waals surface area (Å²) in [5, 5.41) is 9.16. The van der Waals surface area contributed by atoms with Crippen LogP contribution in [0, 0.1) is 13.8 Å². The lowest BCUT2D eigenvalue weighted by atomic mass is 9.90. The van der Waals surface area contributed by atoms with Gasteiger partial charge < -0.3 is 28.8 Å². The number of aryl methyl sites for hydroxylation is 2. The van der Waals surface area contributed by atoms with Crippen LogP contribution in [0.2, 0.25) is 0 Å². The van der Waals surface area contributed by atoms with Gasteiger partial charge >= 0.3 is 5.97 Å². The molecule has 3 aromatic carbocycles. The summed E-state index contributed by atoms with van der Waals surface area (Å²) in [4.78, 5) is 11.2. The minimum atomic E-state index is -0.814. The normalized spacial score (nSPS) is 17.4. The van der Waals surface area contributed by atoms with E-state index < -0.39 is 5.97 Å². The second kappa shape index (κ2) is 12.1. The maximum Gasteiger partial charge on any atom is 0.304 e. The SMILES string of the molecule is COCCOCCOc1cc(C)c(-c2cccc3c2CCC3Oc2ccc3c(c2)OC[C@H]3CC(=O)O)c(C)c1. The van der Waals surface area contributed by atoms with Crippen molar-refractivity contribution in [3.05, 3.63) is 76.3 Å². The summed E-state index contributed by atoms with van der Waals surface area (Å²) in [7, 11) is 1.66. The van der Waals surface area contributed by atoms with Crippen molar-refractivity contribution in [3.8, 4) is 28.4 Å². The minimum Gasteiger partial charge on any atom is -0.492 e. The Bertz CT molecular complexity index is 1310. The quantitative estimate of drug-likeness (QED) is 0.285. The predicted octanol–water partition coefficient (Wildman–Crippen LogP) is 6.03. The molecule has 0 amide bonds. The highest BCUT2D eigenvalue weighted by Crippen LogP contribution is 2.44. The second-order valence-electron chi connectivity index (χ2n) is 10.2. The van der Waals surface area contributed by atoms with E-state index in [1.807, 2.05) is 18.2 Å². The molecule has 0 spiro atoms. The number of benzene rings is 3. The van der Waals surface area contributed by atoms with Gasteiger partial charge in [-0.1, -0.05) is 24.3 Å². The van der Waals surface area contributed by atoms with Gasteiger partial charge in [-0.05, 0) is 78.3 Å². The summed E-state index contributed by atoms with van der Waals surface area (Å²) in [6, 6.07) is 16.4. The van der Waals surface area contributed by atoms with E-state index in [1.54, 1.807) is 7.11 Å². The van der Waals surface area contributed by atoms with E-state index in [-0.39, 0.29) is 18.4 Å². The summed E-state index contributed by atoms with van der Waals surface area (Å²) in [5.41, 5.74) is 8.32. The van der Waals surface area contributed by atoms with Crippen molar-refractivity contribution in [1.82, 2.24) is 0 Å². The van der Waals surface area contributed by atoms with Gasteiger partial charge in [0.25, 0.3) is 0 Å².